The minimum atomic E-state index is 0.0577. The van der Waals surface area contributed by atoms with Gasteiger partial charge in [0.25, 0.3) is 0 Å². The highest BCUT2D eigenvalue weighted by Crippen LogP contribution is 3.09. The molecule has 0 saturated heterocycles. The van der Waals surface area contributed by atoms with Crippen LogP contribution in [0.3, 0.4) is 0 Å². The summed E-state index contributed by atoms with van der Waals surface area (Å²) in [5.41, 5.74) is 1.65. The zero-order valence-corrected chi connectivity index (χ0v) is 14.4. The molecule has 0 aromatic carbocycles. The fraction of sp³-hybridized carbons (Fsp3) is 1.00. The first-order valence-electron chi connectivity index (χ1n) is 7.38. The molecule has 18 heavy (non-hydrogen) atoms. The van der Waals surface area contributed by atoms with Crippen molar-refractivity contribution in [3.63, 3.8) is 0 Å². The van der Waals surface area contributed by atoms with E-state index in [4.69, 9.17) is 25.3 Å². The molecule has 8 unspecified atom stereocenters. The fourth-order valence-electron chi connectivity index (χ4n) is 8.71. The average Bonchev–Trinajstić information content (AvgIpc) is 2.29. The molecule has 0 nitrogen and oxygen atoms in total. The molecule has 1 spiro atoms. The minimum Gasteiger partial charge on any atom is -0.171 e. The number of thiol groups is 2. The van der Waals surface area contributed by atoms with Crippen molar-refractivity contribution in [3.05, 3.63) is 0 Å². The first kappa shape index (κ1) is 12.4. The van der Waals surface area contributed by atoms with E-state index in [-0.39, 0.29) is 9.49 Å². The van der Waals surface area contributed by atoms with Crippen molar-refractivity contribution in [3.8, 4) is 0 Å². The summed E-state index contributed by atoms with van der Waals surface area (Å²) >= 11 is 10.4. The topological polar surface area (TPSA) is 0 Å². The summed E-state index contributed by atoms with van der Waals surface area (Å²) in [6, 6.07) is 0. The molecule has 0 N–H and O–H groups in total. The lowest BCUT2D eigenvalue weighted by molar-refractivity contribution is -0.570. The molecule has 102 valence electrons. The quantitative estimate of drug-likeness (QED) is 0.608. The van der Waals surface area contributed by atoms with Crippen LogP contribution in [0, 0.1) is 39.4 Å². The summed E-state index contributed by atoms with van der Waals surface area (Å²) in [4.78, 5) is 0. The molecular formula is C16H26S2. The molecular weight excluding hydrogens is 256 g/mol. The second kappa shape index (κ2) is 2.36. The van der Waals surface area contributed by atoms with Crippen LogP contribution in [0.5, 0.6) is 0 Å². The van der Waals surface area contributed by atoms with Crippen LogP contribution in [0.25, 0.3) is 0 Å². The van der Waals surface area contributed by atoms with Gasteiger partial charge >= 0.3 is 0 Å². The Hall–Kier alpha value is 0.700. The maximum Gasteiger partial charge on any atom is 0.0375 e. The third-order valence-corrected chi connectivity index (χ3v) is 11.8. The molecule has 4 aliphatic rings. The van der Waals surface area contributed by atoms with E-state index in [9.17, 15) is 0 Å². The summed E-state index contributed by atoms with van der Waals surface area (Å²) in [6.07, 6.45) is 0. The molecule has 4 aliphatic carbocycles. The minimum absolute atomic E-state index is 0.0577. The van der Waals surface area contributed by atoms with Gasteiger partial charge in [0.15, 0.2) is 0 Å². The van der Waals surface area contributed by atoms with Gasteiger partial charge < -0.3 is 0 Å². The van der Waals surface area contributed by atoms with Gasteiger partial charge in [-0.2, -0.15) is 25.3 Å². The second-order valence-electron chi connectivity index (χ2n) is 8.70. The van der Waals surface area contributed by atoms with Crippen molar-refractivity contribution < 1.29 is 0 Å². The van der Waals surface area contributed by atoms with Gasteiger partial charge in [0.2, 0.25) is 0 Å². The van der Waals surface area contributed by atoms with Crippen LogP contribution in [0.2, 0.25) is 0 Å². The summed E-state index contributed by atoms with van der Waals surface area (Å²) < 4.78 is 0.210. The number of hydrogen-bond acceptors (Lipinski definition) is 2. The van der Waals surface area contributed by atoms with Crippen LogP contribution in [-0.4, -0.2) is 9.49 Å². The summed E-state index contributed by atoms with van der Waals surface area (Å²) in [5.74, 6) is 2.45. The molecule has 0 aromatic rings. The Labute approximate surface area is 123 Å². The Morgan fingerprint density at radius 2 is 1.33 bits per heavy atom. The van der Waals surface area contributed by atoms with E-state index in [1.54, 1.807) is 0 Å². The molecule has 0 aromatic heterocycles. The SMILES string of the molecule is CC1C2C(C)C3(S)C(C)(S)C4(C)C(C)(C)C1(C)C234. The van der Waals surface area contributed by atoms with Gasteiger partial charge in [-0.05, 0) is 40.9 Å². The van der Waals surface area contributed by atoms with Crippen molar-refractivity contribution in [1.82, 2.24) is 0 Å². The normalized spacial score (nSPS) is 78.2. The molecule has 4 rings (SSSR count). The Kier molecular flexibility index (Phi) is 1.63. The lowest BCUT2D eigenvalue weighted by Gasteiger charge is -3.10. The van der Waals surface area contributed by atoms with Crippen molar-refractivity contribution in [1.29, 1.82) is 0 Å². The molecule has 0 aliphatic heterocycles. The van der Waals surface area contributed by atoms with Crippen molar-refractivity contribution >= 4 is 25.3 Å². The molecule has 2 heteroatoms. The van der Waals surface area contributed by atoms with E-state index >= 15 is 0 Å². The summed E-state index contributed by atoms with van der Waals surface area (Å²) in [6.45, 7) is 17.3. The maximum absolute atomic E-state index is 5.23. The molecule has 0 radical (unpaired) electrons. The number of rotatable bonds is 0. The average molecular weight is 283 g/mol. The molecule has 0 amide bonds. The van der Waals surface area contributed by atoms with Crippen LogP contribution in [0.15, 0.2) is 0 Å². The van der Waals surface area contributed by atoms with Crippen LogP contribution < -0.4 is 0 Å². The highest BCUT2D eigenvalue weighted by atomic mass is 32.1. The highest BCUT2D eigenvalue weighted by molar-refractivity contribution is 7.87. The standard InChI is InChI=1S/C16H26S2/c1-8-10-9(2)16(18)14(7,17)13(6)11(3,4)12(8,5)15(10,13)16/h8-10,17-18H,1-7H3. The van der Waals surface area contributed by atoms with Crippen LogP contribution in [0.1, 0.15) is 48.5 Å². The van der Waals surface area contributed by atoms with Gasteiger partial charge in [-0.3, -0.25) is 0 Å². The van der Waals surface area contributed by atoms with Gasteiger partial charge in [0, 0.05) is 14.9 Å². The largest absolute Gasteiger partial charge is 0.171 e. The predicted octanol–water partition coefficient (Wildman–Crippen LogP) is 4.31. The van der Waals surface area contributed by atoms with E-state index in [1.807, 2.05) is 0 Å². The lowest BCUT2D eigenvalue weighted by Crippen LogP contribution is -3.11. The zero-order valence-electron chi connectivity index (χ0n) is 12.6. The Bertz CT molecular complexity index is 455. The van der Waals surface area contributed by atoms with E-state index in [2.05, 4.69) is 48.5 Å². The van der Waals surface area contributed by atoms with Crippen molar-refractivity contribution in [2.45, 2.75) is 58.0 Å². The maximum atomic E-state index is 5.23. The first-order valence-corrected chi connectivity index (χ1v) is 8.28. The Balaban J connectivity index is 1.99. The van der Waals surface area contributed by atoms with Gasteiger partial charge in [-0.15, -0.1) is 0 Å². The van der Waals surface area contributed by atoms with Gasteiger partial charge in [-0.1, -0.05) is 41.5 Å². The van der Waals surface area contributed by atoms with Crippen molar-refractivity contribution in [2.24, 2.45) is 39.4 Å². The van der Waals surface area contributed by atoms with Gasteiger partial charge in [0.1, 0.15) is 0 Å². The molecule has 8 atom stereocenters. The monoisotopic (exact) mass is 282 g/mol. The predicted molar refractivity (Wildman–Crippen MR) is 83.4 cm³/mol. The van der Waals surface area contributed by atoms with E-state index < -0.39 is 0 Å². The van der Waals surface area contributed by atoms with Gasteiger partial charge in [0.05, 0.1) is 0 Å². The van der Waals surface area contributed by atoms with Crippen LogP contribution in [-0.2, 0) is 0 Å². The first-order chi connectivity index (χ1) is 7.94. The Morgan fingerprint density at radius 3 is 1.83 bits per heavy atom. The van der Waals surface area contributed by atoms with E-state index in [0.29, 0.717) is 21.7 Å². The smallest absolute Gasteiger partial charge is 0.0375 e. The summed E-state index contributed by atoms with van der Waals surface area (Å²) in [7, 11) is 0. The number of hydrogen-bond donors (Lipinski definition) is 2. The van der Waals surface area contributed by atoms with Crippen molar-refractivity contribution in [2.75, 3.05) is 0 Å². The zero-order chi connectivity index (χ0) is 13.7. The van der Waals surface area contributed by atoms with Crippen LogP contribution in [0.4, 0.5) is 0 Å². The van der Waals surface area contributed by atoms with E-state index in [0.717, 1.165) is 17.8 Å². The van der Waals surface area contributed by atoms with Crippen LogP contribution >= 0.6 is 25.3 Å². The summed E-state index contributed by atoms with van der Waals surface area (Å²) in [5, 5.41) is 0. The third kappa shape index (κ3) is 0.512. The highest BCUT2D eigenvalue weighted by Gasteiger charge is 3.09. The third-order valence-electron chi connectivity index (χ3n) is 9.62. The molecule has 4 saturated carbocycles. The Morgan fingerprint density at radius 1 is 0.833 bits per heavy atom. The van der Waals surface area contributed by atoms with E-state index in [1.165, 1.54) is 0 Å². The lowest BCUT2D eigenvalue weighted by atomic mass is 8.97. The second-order valence-corrected chi connectivity index (χ2v) is 10.3. The van der Waals surface area contributed by atoms with Gasteiger partial charge in [-0.25, -0.2) is 0 Å². The molecule has 4 fully saturated rings. The fourth-order valence-corrected chi connectivity index (χ4v) is 10.5. The molecule has 0 bridgehead atoms. The molecule has 0 heterocycles.